The Bertz CT molecular complexity index is 1460. The van der Waals surface area contributed by atoms with E-state index in [1.165, 1.54) is 0 Å². The Hall–Kier alpha value is -4.61. The Morgan fingerprint density at radius 2 is 1.05 bits per heavy atom. The number of hydrogen-bond acceptors (Lipinski definition) is 8. The molecule has 4 N–H and O–H groups in total. The lowest BCUT2D eigenvalue weighted by atomic mass is 10.0. The first-order chi connectivity index (χ1) is 20.8. The molecule has 4 rings (SSSR count). The van der Waals surface area contributed by atoms with Crippen LogP contribution >= 0.6 is 0 Å². The normalized spacial score (nSPS) is 19.4. The fourth-order valence-corrected chi connectivity index (χ4v) is 5.28. The van der Waals surface area contributed by atoms with E-state index in [2.05, 4.69) is 16.0 Å². The minimum atomic E-state index is -1.68. The van der Waals surface area contributed by atoms with Crippen molar-refractivity contribution in [2.24, 2.45) is 0 Å². The first kappa shape index (κ1) is 32.3. The number of aliphatic hydroxyl groups excluding tert-OH is 1. The van der Waals surface area contributed by atoms with Gasteiger partial charge in [-0.25, -0.2) is 14.4 Å². The molecule has 3 amide bonds. The van der Waals surface area contributed by atoms with Gasteiger partial charge >= 0.3 is 18.3 Å². The van der Waals surface area contributed by atoms with Crippen molar-refractivity contribution in [3.05, 3.63) is 88.0 Å². The molecule has 1 aliphatic heterocycles. The summed E-state index contributed by atoms with van der Waals surface area (Å²) in [5.74, 6) is 0. The van der Waals surface area contributed by atoms with Gasteiger partial charge in [0.05, 0.1) is 6.10 Å². The van der Waals surface area contributed by atoms with Gasteiger partial charge in [-0.2, -0.15) is 0 Å². The van der Waals surface area contributed by atoms with E-state index in [-0.39, 0.29) is 13.0 Å². The molecule has 1 saturated heterocycles. The summed E-state index contributed by atoms with van der Waals surface area (Å²) in [4.78, 5) is 38.2. The number of ether oxygens (including phenoxy) is 4. The molecule has 1 heterocycles. The van der Waals surface area contributed by atoms with Crippen molar-refractivity contribution in [2.75, 3.05) is 22.6 Å². The fourth-order valence-electron chi connectivity index (χ4n) is 5.28. The highest BCUT2D eigenvalue weighted by Gasteiger charge is 2.43. The average molecular weight is 606 g/mol. The molecule has 1 fully saturated rings. The van der Waals surface area contributed by atoms with E-state index in [9.17, 15) is 19.5 Å². The topological polar surface area (TPSA) is 144 Å². The predicted molar refractivity (Wildman–Crippen MR) is 166 cm³/mol. The molecule has 0 saturated carbocycles. The van der Waals surface area contributed by atoms with Crippen LogP contribution in [0.2, 0.25) is 0 Å². The molecule has 44 heavy (non-hydrogen) atoms. The quantitative estimate of drug-likeness (QED) is 0.226. The maximum atomic E-state index is 12.9. The van der Waals surface area contributed by atoms with Crippen molar-refractivity contribution < 1.29 is 38.4 Å². The number of rotatable bonds is 7. The summed E-state index contributed by atoms with van der Waals surface area (Å²) >= 11 is 0. The smallest absolute Gasteiger partial charge is 0.412 e. The molecule has 0 bridgehead atoms. The number of carbonyl (C=O) groups is 3. The van der Waals surface area contributed by atoms with Gasteiger partial charge in [0.1, 0.15) is 12.7 Å². The fraction of sp³-hybridized carbons (Fsp3) is 0.364. The third kappa shape index (κ3) is 9.45. The first-order valence-corrected chi connectivity index (χ1v) is 14.3. The number of nitrogens with one attached hydrogen (secondary N) is 3. The third-order valence-electron chi connectivity index (χ3n) is 6.78. The number of carbonyl (C=O) groups excluding carboxylic acids is 3. The molecule has 3 aromatic rings. The van der Waals surface area contributed by atoms with Gasteiger partial charge < -0.3 is 24.1 Å². The molecule has 0 aliphatic carbocycles. The minimum Gasteiger partial charge on any atom is -0.447 e. The Balaban J connectivity index is 1.43. The number of benzene rings is 3. The van der Waals surface area contributed by atoms with Crippen molar-refractivity contribution in [3.63, 3.8) is 0 Å². The van der Waals surface area contributed by atoms with Crippen molar-refractivity contribution in [1.29, 1.82) is 0 Å². The minimum absolute atomic E-state index is 0.0321. The molecule has 0 radical (unpaired) electrons. The van der Waals surface area contributed by atoms with Crippen LogP contribution in [0.4, 0.5) is 31.4 Å². The van der Waals surface area contributed by atoms with Gasteiger partial charge in [0.25, 0.3) is 0 Å². The molecular weight excluding hydrogens is 566 g/mol. The van der Waals surface area contributed by atoms with Crippen molar-refractivity contribution in [3.8, 4) is 0 Å². The third-order valence-corrected chi connectivity index (χ3v) is 6.78. The van der Waals surface area contributed by atoms with Crippen molar-refractivity contribution in [2.45, 2.75) is 72.6 Å². The first-order valence-electron chi connectivity index (χ1n) is 14.3. The highest BCUT2D eigenvalue weighted by Crippen LogP contribution is 2.27. The van der Waals surface area contributed by atoms with Crippen LogP contribution in [0.15, 0.2) is 54.6 Å². The Labute approximate surface area is 256 Å². The largest absolute Gasteiger partial charge is 0.447 e. The summed E-state index contributed by atoms with van der Waals surface area (Å²) in [6.07, 6.45) is -7.48. The van der Waals surface area contributed by atoms with Crippen LogP contribution in [-0.4, -0.2) is 54.6 Å². The molecule has 234 valence electrons. The van der Waals surface area contributed by atoms with Crippen LogP contribution in [0.3, 0.4) is 0 Å². The van der Waals surface area contributed by atoms with Gasteiger partial charge in [0.15, 0.2) is 12.4 Å². The van der Waals surface area contributed by atoms with Crippen LogP contribution in [0.1, 0.15) is 39.8 Å². The zero-order valence-corrected chi connectivity index (χ0v) is 25.7. The lowest BCUT2D eigenvalue weighted by Crippen LogP contribution is -2.53. The summed E-state index contributed by atoms with van der Waals surface area (Å²) in [7, 11) is 0. The molecule has 0 aromatic heterocycles. The van der Waals surface area contributed by atoms with Crippen LogP contribution in [0.5, 0.6) is 0 Å². The summed E-state index contributed by atoms with van der Waals surface area (Å²) < 4.78 is 22.1. The van der Waals surface area contributed by atoms with Crippen LogP contribution in [0.25, 0.3) is 0 Å². The van der Waals surface area contributed by atoms with Crippen molar-refractivity contribution >= 4 is 35.3 Å². The highest BCUT2D eigenvalue weighted by atomic mass is 16.7. The number of aliphatic hydroxyl groups is 1. The summed E-state index contributed by atoms with van der Waals surface area (Å²) in [6, 6.07) is 16.6. The second-order valence-corrected chi connectivity index (χ2v) is 11.3. The number of aryl methyl sites for hydroxylation is 6. The molecule has 11 nitrogen and oxygen atoms in total. The lowest BCUT2D eigenvalue weighted by Gasteiger charge is -2.38. The van der Waals surface area contributed by atoms with Gasteiger partial charge in [-0.3, -0.25) is 16.0 Å². The van der Waals surface area contributed by atoms with E-state index in [0.717, 1.165) is 33.4 Å². The molecule has 0 unspecified atom stereocenters. The molecular formula is C33H39N3O8. The highest BCUT2D eigenvalue weighted by molar-refractivity contribution is 5.86. The monoisotopic (exact) mass is 605 g/mol. The van der Waals surface area contributed by atoms with E-state index in [4.69, 9.17) is 18.9 Å². The second-order valence-electron chi connectivity index (χ2n) is 11.3. The van der Waals surface area contributed by atoms with E-state index in [1.54, 1.807) is 36.4 Å². The van der Waals surface area contributed by atoms with Crippen LogP contribution in [-0.2, 0) is 18.9 Å². The molecule has 3 aromatic carbocycles. The van der Waals surface area contributed by atoms with E-state index >= 15 is 0 Å². The Morgan fingerprint density at radius 3 is 1.48 bits per heavy atom. The predicted octanol–water partition coefficient (Wildman–Crippen LogP) is 6.43. The lowest BCUT2D eigenvalue weighted by molar-refractivity contribution is -0.248. The van der Waals surface area contributed by atoms with Gasteiger partial charge in [-0.1, -0.05) is 18.2 Å². The van der Waals surface area contributed by atoms with E-state index in [0.29, 0.717) is 17.1 Å². The Kier molecular flexibility index (Phi) is 10.5. The van der Waals surface area contributed by atoms with Gasteiger partial charge in [0.2, 0.25) is 0 Å². The zero-order valence-electron chi connectivity index (χ0n) is 25.7. The van der Waals surface area contributed by atoms with Crippen molar-refractivity contribution in [1.82, 2.24) is 0 Å². The van der Waals surface area contributed by atoms with Gasteiger partial charge in [-0.15, -0.1) is 0 Å². The average Bonchev–Trinajstić information content (AvgIpc) is 2.87. The van der Waals surface area contributed by atoms with Gasteiger partial charge in [-0.05, 0) is 111 Å². The van der Waals surface area contributed by atoms with Gasteiger partial charge in [0, 0.05) is 23.5 Å². The zero-order chi connectivity index (χ0) is 32.0. The van der Waals surface area contributed by atoms with E-state index in [1.807, 2.05) is 59.7 Å². The second kappa shape index (κ2) is 14.2. The summed E-state index contributed by atoms with van der Waals surface area (Å²) in [5.41, 5.74) is 7.33. The number of hydrogen-bond donors (Lipinski definition) is 4. The Morgan fingerprint density at radius 1 is 0.659 bits per heavy atom. The molecule has 1 aliphatic rings. The number of anilines is 3. The SMILES string of the molecule is Cc1cc(C)cc(NC(=O)OC[C@@H]2C[C@@H](OC(=O)Nc3cc(C)cc(C)c3)[C@@H](OC(=O)Nc3cc(C)cc(C)c3)[C@@H](O)O2)c1. The van der Waals surface area contributed by atoms with Crippen LogP contribution < -0.4 is 16.0 Å². The summed E-state index contributed by atoms with van der Waals surface area (Å²) in [5, 5.41) is 18.8. The molecule has 4 atom stereocenters. The molecule has 0 spiro atoms. The van der Waals surface area contributed by atoms with Crippen LogP contribution in [0, 0.1) is 41.5 Å². The van der Waals surface area contributed by atoms with E-state index < -0.39 is 42.9 Å². The summed E-state index contributed by atoms with van der Waals surface area (Å²) in [6.45, 7) is 11.2. The number of amides is 3. The standard InChI is InChI=1S/C33H39N3O8/c1-18-7-19(2)11-24(10-18)34-31(38)41-17-27-16-28(43-32(39)35-25-12-20(3)8-21(4)13-25)29(30(37)42-27)44-33(40)36-26-14-22(5)9-23(6)15-26/h7-15,27-30,37H,16-17H2,1-6H3,(H,34,38)(H,35,39)(H,36,40)/t27-,28+,29+,30-/m0/s1. The maximum Gasteiger partial charge on any atom is 0.412 e. The molecule has 11 heteroatoms. The maximum absolute atomic E-state index is 12.9.